The lowest BCUT2D eigenvalue weighted by Gasteiger charge is -2.25. The van der Waals surface area contributed by atoms with Gasteiger partial charge in [0.15, 0.2) is 22.9 Å². The molecule has 14 heteroatoms. The molecule has 0 aliphatic carbocycles. The summed E-state index contributed by atoms with van der Waals surface area (Å²) in [4.78, 5) is 54.5. The zero-order valence-corrected chi connectivity index (χ0v) is 28.0. The summed E-state index contributed by atoms with van der Waals surface area (Å²) in [7, 11) is 1.26. The molecule has 5 rings (SSSR count). The Balaban J connectivity index is 1.48. The largest absolute Gasteiger partial charge is 0.490 e. The number of aromatic nitrogens is 1. The number of nitro groups is 1. The number of hydrogen-bond acceptors (Lipinski definition) is 12. The molecular formula is C35H33N3O10S. The standard InChI is InChI=1S/C35H33N3O10S/c1-5-45-28-18-24(11-16-27(28)48-20-30(39)44-4)32-31(34(41)46-6-2)21(3)36-35-37(32)33(40)29(49-35)17-22-9-14-26(15-10-22)47-19-23-7-12-25(13-8-23)38(42)43/h7-18,32H,5-6,19-20H2,1-4H3/b29-17-/t32-/m1/s1. The molecule has 0 radical (unpaired) electrons. The normalized spacial score (nSPS) is 14.0. The molecule has 0 unspecified atom stereocenters. The predicted octanol–water partition coefficient (Wildman–Crippen LogP) is 4.24. The number of benzene rings is 3. The molecule has 0 spiro atoms. The molecule has 0 N–H and O–H groups in total. The number of esters is 2. The van der Waals surface area contributed by atoms with E-state index in [0.29, 0.717) is 44.4 Å². The second kappa shape index (κ2) is 15.4. The van der Waals surface area contributed by atoms with E-state index in [9.17, 15) is 24.5 Å². The van der Waals surface area contributed by atoms with Gasteiger partial charge in [0.25, 0.3) is 11.2 Å². The molecule has 0 saturated heterocycles. The Hall–Kier alpha value is -5.76. The Morgan fingerprint density at radius 1 is 0.980 bits per heavy atom. The molecule has 1 aromatic heterocycles. The summed E-state index contributed by atoms with van der Waals surface area (Å²) in [6.07, 6.45) is 1.74. The van der Waals surface area contributed by atoms with Crippen molar-refractivity contribution in [3.8, 4) is 17.2 Å². The van der Waals surface area contributed by atoms with Crippen molar-refractivity contribution in [2.24, 2.45) is 4.99 Å². The average Bonchev–Trinajstić information content (AvgIpc) is 3.40. The maximum absolute atomic E-state index is 14.0. The molecule has 254 valence electrons. The third kappa shape index (κ3) is 7.87. The Morgan fingerprint density at radius 2 is 1.71 bits per heavy atom. The van der Waals surface area contributed by atoms with Crippen LogP contribution in [0.5, 0.6) is 17.2 Å². The molecular weight excluding hydrogens is 654 g/mol. The fourth-order valence-corrected chi connectivity index (χ4v) is 6.12. The number of hydrogen-bond donors (Lipinski definition) is 0. The number of carbonyl (C=O) groups is 2. The third-order valence-corrected chi connectivity index (χ3v) is 8.39. The molecule has 0 amide bonds. The molecule has 3 aromatic carbocycles. The number of ether oxygens (including phenoxy) is 5. The minimum absolute atomic E-state index is 0.00667. The van der Waals surface area contributed by atoms with Crippen LogP contribution < -0.4 is 29.1 Å². The van der Waals surface area contributed by atoms with Crippen LogP contribution in [0.1, 0.15) is 43.5 Å². The molecule has 0 fully saturated rings. The van der Waals surface area contributed by atoms with Crippen molar-refractivity contribution in [1.82, 2.24) is 4.57 Å². The van der Waals surface area contributed by atoms with Crippen molar-refractivity contribution in [3.05, 3.63) is 124 Å². The number of methoxy groups -OCH3 is 1. The highest BCUT2D eigenvalue weighted by Crippen LogP contribution is 2.36. The van der Waals surface area contributed by atoms with Gasteiger partial charge in [-0.15, -0.1) is 0 Å². The summed E-state index contributed by atoms with van der Waals surface area (Å²) >= 11 is 1.19. The van der Waals surface area contributed by atoms with Gasteiger partial charge in [-0.25, -0.2) is 14.6 Å². The second-order valence-corrected chi connectivity index (χ2v) is 11.6. The van der Waals surface area contributed by atoms with Crippen LogP contribution in [-0.4, -0.2) is 48.4 Å². The van der Waals surface area contributed by atoms with Crippen molar-refractivity contribution in [2.75, 3.05) is 26.9 Å². The molecule has 0 bridgehead atoms. The van der Waals surface area contributed by atoms with Crippen molar-refractivity contribution >= 4 is 35.0 Å². The van der Waals surface area contributed by atoms with Gasteiger partial charge in [0, 0.05) is 12.1 Å². The second-order valence-electron chi connectivity index (χ2n) is 10.6. The van der Waals surface area contributed by atoms with Gasteiger partial charge in [-0.05, 0) is 79.9 Å². The Labute approximate surface area is 284 Å². The first kappa shape index (κ1) is 34.6. The van der Waals surface area contributed by atoms with Crippen LogP contribution in [0.25, 0.3) is 6.08 Å². The first-order valence-electron chi connectivity index (χ1n) is 15.3. The number of thiazole rings is 1. The summed E-state index contributed by atoms with van der Waals surface area (Å²) in [6, 6.07) is 17.4. The maximum atomic E-state index is 14.0. The minimum Gasteiger partial charge on any atom is -0.490 e. The molecule has 0 saturated carbocycles. The fourth-order valence-electron chi connectivity index (χ4n) is 5.08. The molecule has 13 nitrogen and oxygen atoms in total. The van der Waals surface area contributed by atoms with Crippen LogP contribution in [0, 0.1) is 10.1 Å². The number of fused-ring (bicyclic) bond motifs is 1. The van der Waals surface area contributed by atoms with E-state index < -0.39 is 22.9 Å². The van der Waals surface area contributed by atoms with Crippen LogP contribution in [0.2, 0.25) is 0 Å². The summed E-state index contributed by atoms with van der Waals surface area (Å²) in [5.41, 5.74) is 2.33. The molecule has 4 aromatic rings. The van der Waals surface area contributed by atoms with Crippen molar-refractivity contribution in [3.63, 3.8) is 0 Å². The SMILES string of the molecule is CCOC(=O)C1=C(C)N=c2s/c(=C\c3ccc(OCc4ccc([N+](=O)[O-])cc4)cc3)c(=O)n2[C@@H]1c1ccc(OCC(=O)OC)c(OCC)c1. The van der Waals surface area contributed by atoms with Gasteiger partial charge in [-0.2, -0.15) is 0 Å². The summed E-state index contributed by atoms with van der Waals surface area (Å²) in [6.45, 7) is 5.51. The Morgan fingerprint density at radius 3 is 2.37 bits per heavy atom. The van der Waals surface area contributed by atoms with Crippen LogP contribution >= 0.6 is 11.3 Å². The maximum Gasteiger partial charge on any atom is 0.343 e. The lowest BCUT2D eigenvalue weighted by Crippen LogP contribution is -2.40. The first-order chi connectivity index (χ1) is 23.6. The Bertz CT molecular complexity index is 2080. The van der Waals surface area contributed by atoms with Gasteiger partial charge >= 0.3 is 11.9 Å². The van der Waals surface area contributed by atoms with Crippen molar-refractivity contribution in [2.45, 2.75) is 33.4 Å². The fraction of sp³-hybridized carbons (Fsp3) is 0.257. The van der Waals surface area contributed by atoms with E-state index in [2.05, 4.69) is 9.73 Å². The summed E-state index contributed by atoms with van der Waals surface area (Å²) in [5, 5.41) is 10.9. The van der Waals surface area contributed by atoms with Crippen LogP contribution in [-0.2, 0) is 25.7 Å². The lowest BCUT2D eigenvalue weighted by atomic mass is 9.95. The van der Waals surface area contributed by atoms with Crippen LogP contribution in [0.4, 0.5) is 5.69 Å². The van der Waals surface area contributed by atoms with E-state index in [1.54, 1.807) is 81.4 Å². The lowest BCUT2D eigenvalue weighted by molar-refractivity contribution is -0.384. The predicted molar refractivity (Wildman–Crippen MR) is 179 cm³/mol. The monoisotopic (exact) mass is 687 g/mol. The summed E-state index contributed by atoms with van der Waals surface area (Å²) in [5.74, 6) is 0.0279. The first-order valence-corrected chi connectivity index (χ1v) is 16.1. The number of rotatable bonds is 13. The highest BCUT2D eigenvalue weighted by molar-refractivity contribution is 7.07. The summed E-state index contributed by atoms with van der Waals surface area (Å²) < 4.78 is 29.2. The number of allylic oxidation sites excluding steroid dienone is 1. The van der Waals surface area contributed by atoms with E-state index >= 15 is 0 Å². The topological polar surface area (TPSA) is 158 Å². The van der Waals surface area contributed by atoms with Gasteiger partial charge in [0.1, 0.15) is 12.4 Å². The zero-order chi connectivity index (χ0) is 35.1. The van der Waals surface area contributed by atoms with E-state index in [-0.39, 0.29) is 36.6 Å². The molecule has 1 aliphatic heterocycles. The zero-order valence-electron chi connectivity index (χ0n) is 27.2. The minimum atomic E-state index is -0.887. The van der Waals surface area contributed by atoms with Gasteiger partial charge in [-0.3, -0.25) is 19.5 Å². The average molecular weight is 688 g/mol. The number of nitro benzene ring substituents is 1. The Kier molecular flexibility index (Phi) is 10.9. The smallest absolute Gasteiger partial charge is 0.343 e. The third-order valence-electron chi connectivity index (χ3n) is 7.40. The van der Waals surface area contributed by atoms with Gasteiger partial charge < -0.3 is 23.7 Å². The quantitative estimate of drug-likeness (QED) is 0.113. The molecule has 1 aliphatic rings. The van der Waals surface area contributed by atoms with Crippen molar-refractivity contribution < 1.29 is 38.2 Å². The van der Waals surface area contributed by atoms with E-state index in [0.717, 1.165) is 11.1 Å². The molecule has 1 atom stereocenters. The van der Waals surface area contributed by atoms with Gasteiger partial charge in [0.2, 0.25) is 0 Å². The van der Waals surface area contributed by atoms with Gasteiger partial charge in [0.05, 0.1) is 47.1 Å². The van der Waals surface area contributed by atoms with Crippen molar-refractivity contribution in [1.29, 1.82) is 0 Å². The van der Waals surface area contributed by atoms with E-state index in [1.165, 1.54) is 35.1 Å². The number of nitrogens with zero attached hydrogens (tertiary/aromatic N) is 3. The van der Waals surface area contributed by atoms with Crippen LogP contribution in [0.3, 0.4) is 0 Å². The van der Waals surface area contributed by atoms with Crippen LogP contribution in [0.15, 0.2) is 87.8 Å². The highest BCUT2D eigenvalue weighted by atomic mass is 32.1. The van der Waals surface area contributed by atoms with Gasteiger partial charge in [-0.1, -0.05) is 29.5 Å². The van der Waals surface area contributed by atoms with E-state index in [1.807, 2.05) is 0 Å². The van der Waals surface area contributed by atoms with E-state index in [4.69, 9.17) is 18.9 Å². The highest BCUT2D eigenvalue weighted by Gasteiger charge is 2.34. The number of carbonyl (C=O) groups excluding carboxylic acids is 2. The number of non-ortho nitro benzene ring substituents is 1. The molecule has 49 heavy (non-hydrogen) atoms. The molecule has 2 heterocycles.